The number of carbonyl (C=O) groups excluding carboxylic acids is 1. The van der Waals surface area contributed by atoms with Crippen molar-refractivity contribution in [3.8, 4) is 0 Å². The van der Waals surface area contributed by atoms with Crippen LogP contribution in [0.2, 0.25) is 0 Å². The van der Waals surface area contributed by atoms with Crippen LogP contribution < -0.4 is 10.6 Å². The number of carbonyl (C=O) groups is 2. The molecule has 1 fully saturated rings. The SMILES string of the molecule is CC1(NC(=O)Nc2cc(C(=O)O)ccc2F)CCCCC1. The van der Waals surface area contributed by atoms with E-state index >= 15 is 0 Å². The van der Waals surface area contributed by atoms with Gasteiger partial charge in [0.15, 0.2) is 0 Å². The Balaban J connectivity index is 2.05. The molecule has 1 aromatic carbocycles. The zero-order valence-corrected chi connectivity index (χ0v) is 11.9. The molecule has 0 saturated heterocycles. The van der Waals surface area contributed by atoms with E-state index in [2.05, 4.69) is 10.6 Å². The second kappa shape index (κ2) is 6.11. The minimum absolute atomic E-state index is 0.0735. The summed E-state index contributed by atoms with van der Waals surface area (Å²) in [4.78, 5) is 22.9. The lowest BCUT2D eigenvalue weighted by Gasteiger charge is -2.34. The molecule has 0 aliphatic heterocycles. The van der Waals surface area contributed by atoms with Crippen LogP contribution in [0.1, 0.15) is 49.4 Å². The zero-order chi connectivity index (χ0) is 15.5. The summed E-state index contributed by atoms with van der Waals surface area (Å²) in [7, 11) is 0. The fourth-order valence-electron chi connectivity index (χ4n) is 2.64. The molecule has 0 unspecified atom stereocenters. The summed E-state index contributed by atoms with van der Waals surface area (Å²) in [6.45, 7) is 1.97. The third kappa shape index (κ3) is 3.93. The molecule has 2 amide bonds. The molecule has 0 spiro atoms. The number of rotatable bonds is 3. The second-order valence-corrected chi connectivity index (χ2v) is 5.70. The van der Waals surface area contributed by atoms with Gasteiger partial charge in [0.2, 0.25) is 0 Å². The van der Waals surface area contributed by atoms with Crippen LogP contribution in [0, 0.1) is 5.82 Å². The number of hydrogen-bond acceptors (Lipinski definition) is 2. The van der Waals surface area contributed by atoms with Gasteiger partial charge in [-0.25, -0.2) is 14.0 Å². The minimum atomic E-state index is -1.17. The summed E-state index contributed by atoms with van der Waals surface area (Å²) in [5.74, 6) is -1.83. The minimum Gasteiger partial charge on any atom is -0.478 e. The van der Waals surface area contributed by atoms with Crippen molar-refractivity contribution in [2.24, 2.45) is 0 Å². The topological polar surface area (TPSA) is 78.4 Å². The lowest BCUT2D eigenvalue weighted by Crippen LogP contribution is -2.49. The van der Waals surface area contributed by atoms with Crippen molar-refractivity contribution in [3.63, 3.8) is 0 Å². The maximum absolute atomic E-state index is 13.6. The largest absolute Gasteiger partial charge is 0.478 e. The summed E-state index contributed by atoms with van der Waals surface area (Å²) in [5, 5.41) is 14.1. The highest BCUT2D eigenvalue weighted by molar-refractivity contribution is 5.93. The fraction of sp³-hybridized carbons (Fsp3) is 0.467. The Kier molecular flexibility index (Phi) is 4.45. The molecular weight excluding hydrogens is 275 g/mol. The zero-order valence-electron chi connectivity index (χ0n) is 11.9. The third-order valence-corrected chi connectivity index (χ3v) is 3.83. The third-order valence-electron chi connectivity index (χ3n) is 3.83. The molecule has 1 saturated carbocycles. The highest BCUT2D eigenvalue weighted by Gasteiger charge is 2.28. The lowest BCUT2D eigenvalue weighted by molar-refractivity contribution is 0.0697. The van der Waals surface area contributed by atoms with Crippen LogP contribution in [0.5, 0.6) is 0 Å². The van der Waals surface area contributed by atoms with Gasteiger partial charge in [0.25, 0.3) is 0 Å². The fourth-order valence-corrected chi connectivity index (χ4v) is 2.64. The quantitative estimate of drug-likeness (QED) is 0.799. The highest BCUT2D eigenvalue weighted by Crippen LogP contribution is 2.27. The molecular formula is C15H19FN2O3. The van der Waals surface area contributed by atoms with E-state index in [4.69, 9.17) is 5.11 Å². The van der Waals surface area contributed by atoms with Crippen LogP contribution in [-0.2, 0) is 0 Å². The van der Waals surface area contributed by atoms with Crippen LogP contribution in [-0.4, -0.2) is 22.6 Å². The van der Waals surface area contributed by atoms with Crippen molar-refractivity contribution < 1.29 is 19.1 Å². The molecule has 0 atom stereocenters. The normalized spacial score (nSPS) is 17.0. The standard InChI is InChI=1S/C15H19FN2O3/c1-15(7-3-2-4-8-15)18-14(21)17-12-9-10(13(19)20)5-6-11(12)16/h5-6,9H,2-4,7-8H2,1H3,(H,19,20)(H2,17,18,21). The Morgan fingerprint density at radius 3 is 2.52 bits per heavy atom. The van der Waals surface area contributed by atoms with Gasteiger partial charge in [-0.2, -0.15) is 0 Å². The maximum atomic E-state index is 13.6. The Morgan fingerprint density at radius 1 is 1.24 bits per heavy atom. The molecule has 114 valence electrons. The number of anilines is 1. The van der Waals surface area contributed by atoms with Gasteiger partial charge in [-0.15, -0.1) is 0 Å². The first kappa shape index (κ1) is 15.3. The number of aromatic carboxylic acids is 1. The van der Waals surface area contributed by atoms with Crippen LogP contribution in [0.15, 0.2) is 18.2 Å². The van der Waals surface area contributed by atoms with Crippen molar-refractivity contribution in [3.05, 3.63) is 29.6 Å². The first-order chi connectivity index (χ1) is 9.89. The van der Waals surface area contributed by atoms with Gasteiger partial charge >= 0.3 is 12.0 Å². The second-order valence-electron chi connectivity index (χ2n) is 5.70. The van der Waals surface area contributed by atoms with Gasteiger partial charge in [0, 0.05) is 5.54 Å². The molecule has 1 aliphatic rings. The molecule has 0 bridgehead atoms. The average molecular weight is 294 g/mol. The molecule has 21 heavy (non-hydrogen) atoms. The van der Waals surface area contributed by atoms with E-state index in [1.54, 1.807) is 0 Å². The van der Waals surface area contributed by atoms with E-state index in [-0.39, 0.29) is 16.8 Å². The Labute approximate surface area is 122 Å². The van der Waals surface area contributed by atoms with Gasteiger partial charge in [-0.05, 0) is 38.0 Å². The summed E-state index contributed by atoms with van der Waals surface area (Å²) >= 11 is 0. The van der Waals surface area contributed by atoms with Crippen molar-refractivity contribution in [2.45, 2.75) is 44.6 Å². The number of benzene rings is 1. The first-order valence-corrected chi connectivity index (χ1v) is 7.02. The molecule has 5 nitrogen and oxygen atoms in total. The average Bonchev–Trinajstić information content (AvgIpc) is 2.41. The number of carboxylic acids is 1. The molecule has 2 rings (SSSR count). The summed E-state index contributed by atoms with van der Waals surface area (Å²) < 4.78 is 13.6. The Bertz CT molecular complexity index is 554. The number of carboxylic acid groups (broad SMARTS) is 1. The van der Waals surface area contributed by atoms with Crippen LogP contribution in [0.4, 0.5) is 14.9 Å². The van der Waals surface area contributed by atoms with E-state index in [9.17, 15) is 14.0 Å². The first-order valence-electron chi connectivity index (χ1n) is 7.02. The molecule has 0 radical (unpaired) electrons. The summed E-state index contributed by atoms with van der Waals surface area (Å²) in [5.41, 5.74) is -0.495. The van der Waals surface area contributed by atoms with E-state index in [1.165, 1.54) is 0 Å². The number of urea groups is 1. The molecule has 3 N–H and O–H groups in total. The van der Waals surface area contributed by atoms with Gasteiger partial charge < -0.3 is 15.7 Å². The molecule has 6 heteroatoms. The van der Waals surface area contributed by atoms with Crippen molar-refractivity contribution in [2.75, 3.05) is 5.32 Å². The van der Waals surface area contributed by atoms with Crippen molar-refractivity contribution in [1.82, 2.24) is 5.32 Å². The number of halogens is 1. The smallest absolute Gasteiger partial charge is 0.335 e. The summed E-state index contributed by atoms with van der Waals surface area (Å²) in [6, 6.07) is 2.78. The van der Waals surface area contributed by atoms with E-state index in [0.29, 0.717) is 0 Å². The number of hydrogen-bond donors (Lipinski definition) is 3. The van der Waals surface area contributed by atoms with Crippen molar-refractivity contribution in [1.29, 1.82) is 0 Å². The maximum Gasteiger partial charge on any atom is 0.335 e. The molecule has 0 heterocycles. The van der Waals surface area contributed by atoms with E-state index in [0.717, 1.165) is 50.3 Å². The monoisotopic (exact) mass is 294 g/mol. The number of nitrogens with one attached hydrogen (secondary N) is 2. The van der Waals surface area contributed by atoms with E-state index < -0.39 is 17.8 Å². The molecule has 0 aromatic heterocycles. The Morgan fingerprint density at radius 2 is 1.90 bits per heavy atom. The van der Waals surface area contributed by atoms with Gasteiger partial charge in [-0.3, -0.25) is 0 Å². The molecule has 1 aromatic rings. The van der Waals surface area contributed by atoms with Gasteiger partial charge in [-0.1, -0.05) is 19.3 Å². The predicted molar refractivity (Wildman–Crippen MR) is 77.0 cm³/mol. The number of amides is 2. The van der Waals surface area contributed by atoms with E-state index in [1.807, 2.05) is 6.92 Å². The predicted octanol–water partition coefficient (Wildman–Crippen LogP) is 3.37. The van der Waals surface area contributed by atoms with Crippen LogP contribution in [0.3, 0.4) is 0 Å². The van der Waals surface area contributed by atoms with Gasteiger partial charge in [0.05, 0.1) is 11.3 Å². The lowest BCUT2D eigenvalue weighted by atomic mass is 9.83. The van der Waals surface area contributed by atoms with Crippen molar-refractivity contribution >= 4 is 17.7 Å². The van der Waals surface area contributed by atoms with Gasteiger partial charge in [0.1, 0.15) is 5.82 Å². The summed E-state index contributed by atoms with van der Waals surface area (Å²) in [6.07, 6.45) is 5.05. The highest BCUT2D eigenvalue weighted by atomic mass is 19.1. The Hall–Kier alpha value is -2.11. The van der Waals surface area contributed by atoms with Crippen LogP contribution in [0.25, 0.3) is 0 Å². The molecule has 1 aliphatic carbocycles. The van der Waals surface area contributed by atoms with Crippen LogP contribution >= 0.6 is 0 Å².